The number of aryl methyl sites for hydroxylation is 1. The first kappa shape index (κ1) is 21.1. The highest BCUT2D eigenvalue weighted by Crippen LogP contribution is 2.21. The first-order valence-corrected chi connectivity index (χ1v) is 10.7. The van der Waals surface area contributed by atoms with Crippen LogP contribution in [-0.2, 0) is 21.2 Å². The highest BCUT2D eigenvalue weighted by molar-refractivity contribution is 7.92. The van der Waals surface area contributed by atoms with E-state index in [-0.39, 0.29) is 12.5 Å². The van der Waals surface area contributed by atoms with Crippen molar-refractivity contribution in [2.24, 2.45) is 0 Å². The zero-order valence-electron chi connectivity index (χ0n) is 15.3. The summed E-state index contributed by atoms with van der Waals surface area (Å²) in [7, 11) is -2.07. The molecule has 6 nitrogen and oxygen atoms in total. The van der Waals surface area contributed by atoms with E-state index in [1.165, 1.54) is 7.11 Å². The lowest BCUT2D eigenvalue weighted by molar-refractivity contribution is -0.119. The Hall–Kier alpha value is -2.25. The van der Waals surface area contributed by atoms with Gasteiger partial charge < -0.3 is 10.1 Å². The summed E-state index contributed by atoms with van der Waals surface area (Å²) in [5.74, 6) is 0.242. The number of anilines is 1. The lowest BCUT2D eigenvalue weighted by Crippen LogP contribution is -2.40. The van der Waals surface area contributed by atoms with Gasteiger partial charge in [-0.1, -0.05) is 29.8 Å². The van der Waals surface area contributed by atoms with Gasteiger partial charge in [-0.3, -0.25) is 9.10 Å². The molecule has 146 valence electrons. The summed E-state index contributed by atoms with van der Waals surface area (Å²) in [4.78, 5) is 12.2. The standard InChI is InChI=1S/C19H23ClN2O4S/c1-26-17-11-9-16(10-12-17)22(27(2,24)25)14-19(23)21-13-5-7-15-6-3-4-8-18(15)20/h3-4,6,8-12H,5,7,13-14H2,1-2H3,(H,21,23). The molecule has 2 aromatic carbocycles. The number of carbonyl (C=O) groups is 1. The van der Waals surface area contributed by atoms with Crippen molar-refractivity contribution >= 4 is 33.2 Å². The maximum Gasteiger partial charge on any atom is 0.240 e. The first-order chi connectivity index (χ1) is 12.8. The Bertz CT molecular complexity index is 870. The van der Waals surface area contributed by atoms with Crippen LogP contribution in [0.3, 0.4) is 0 Å². The van der Waals surface area contributed by atoms with E-state index in [1.807, 2.05) is 24.3 Å². The summed E-state index contributed by atoms with van der Waals surface area (Å²) in [6.45, 7) is 0.154. The molecule has 0 fully saturated rings. The number of hydrogen-bond donors (Lipinski definition) is 1. The summed E-state index contributed by atoms with van der Waals surface area (Å²) < 4.78 is 30.3. The molecule has 0 aliphatic carbocycles. The molecule has 0 unspecified atom stereocenters. The van der Waals surface area contributed by atoms with E-state index in [4.69, 9.17) is 16.3 Å². The number of nitrogens with one attached hydrogen (secondary N) is 1. The molecule has 0 radical (unpaired) electrons. The van der Waals surface area contributed by atoms with Crippen LogP contribution in [0.5, 0.6) is 5.75 Å². The van der Waals surface area contributed by atoms with Crippen LogP contribution in [0.1, 0.15) is 12.0 Å². The fourth-order valence-corrected chi connectivity index (χ4v) is 3.63. The molecule has 0 bridgehead atoms. The third-order valence-corrected chi connectivity index (χ3v) is 5.46. The molecule has 1 N–H and O–H groups in total. The number of benzene rings is 2. The smallest absolute Gasteiger partial charge is 0.240 e. The average molecular weight is 411 g/mol. The molecule has 0 heterocycles. The fourth-order valence-electron chi connectivity index (χ4n) is 2.54. The van der Waals surface area contributed by atoms with E-state index >= 15 is 0 Å². The van der Waals surface area contributed by atoms with Crippen molar-refractivity contribution in [2.45, 2.75) is 12.8 Å². The Labute approximate surface area is 165 Å². The highest BCUT2D eigenvalue weighted by atomic mass is 35.5. The van der Waals surface area contributed by atoms with Crippen LogP contribution in [0.15, 0.2) is 48.5 Å². The van der Waals surface area contributed by atoms with Crippen molar-refractivity contribution in [2.75, 3.05) is 30.8 Å². The molecular weight excluding hydrogens is 388 g/mol. The molecular formula is C19H23ClN2O4S. The van der Waals surface area contributed by atoms with E-state index in [0.29, 0.717) is 29.4 Å². The molecule has 1 amide bonds. The minimum absolute atomic E-state index is 0.281. The van der Waals surface area contributed by atoms with Crippen LogP contribution in [0.2, 0.25) is 5.02 Å². The van der Waals surface area contributed by atoms with Crippen LogP contribution < -0.4 is 14.4 Å². The Balaban J connectivity index is 1.91. The van der Waals surface area contributed by atoms with Crippen LogP contribution >= 0.6 is 11.6 Å². The molecule has 0 aliphatic rings. The number of carbonyl (C=O) groups excluding carboxylic acids is 1. The van der Waals surface area contributed by atoms with Gasteiger partial charge in [0, 0.05) is 11.6 Å². The average Bonchev–Trinajstić information content (AvgIpc) is 2.64. The predicted molar refractivity (Wildman–Crippen MR) is 108 cm³/mol. The maximum atomic E-state index is 12.2. The summed E-state index contributed by atoms with van der Waals surface area (Å²) in [6.07, 6.45) is 2.51. The van der Waals surface area contributed by atoms with Gasteiger partial charge in [0.2, 0.25) is 15.9 Å². The summed E-state index contributed by atoms with van der Waals surface area (Å²) in [5, 5.41) is 3.45. The lowest BCUT2D eigenvalue weighted by Gasteiger charge is -2.22. The number of sulfonamides is 1. The van der Waals surface area contributed by atoms with Gasteiger partial charge in [0.05, 0.1) is 19.1 Å². The van der Waals surface area contributed by atoms with Gasteiger partial charge >= 0.3 is 0 Å². The van der Waals surface area contributed by atoms with Crippen molar-refractivity contribution in [1.29, 1.82) is 0 Å². The van der Waals surface area contributed by atoms with Crippen molar-refractivity contribution < 1.29 is 17.9 Å². The third kappa shape index (κ3) is 6.45. The van der Waals surface area contributed by atoms with E-state index in [9.17, 15) is 13.2 Å². The van der Waals surface area contributed by atoms with Crippen molar-refractivity contribution in [1.82, 2.24) is 5.32 Å². The molecule has 0 atom stereocenters. The summed E-state index contributed by atoms with van der Waals surface area (Å²) in [6, 6.07) is 14.1. The van der Waals surface area contributed by atoms with Gasteiger partial charge in [-0.15, -0.1) is 0 Å². The van der Waals surface area contributed by atoms with E-state index in [0.717, 1.165) is 22.5 Å². The van der Waals surface area contributed by atoms with Gasteiger partial charge in [-0.25, -0.2) is 8.42 Å². The lowest BCUT2D eigenvalue weighted by atomic mass is 10.1. The molecule has 0 spiro atoms. The number of halogens is 1. The largest absolute Gasteiger partial charge is 0.497 e. The summed E-state index contributed by atoms with van der Waals surface area (Å²) in [5.41, 5.74) is 1.42. The van der Waals surface area contributed by atoms with Crippen molar-refractivity contribution in [3.8, 4) is 5.75 Å². The van der Waals surface area contributed by atoms with E-state index < -0.39 is 10.0 Å². The van der Waals surface area contributed by atoms with Crippen LogP contribution in [0, 0.1) is 0 Å². The Morgan fingerprint density at radius 2 is 1.81 bits per heavy atom. The molecule has 0 aromatic heterocycles. The summed E-state index contributed by atoms with van der Waals surface area (Å²) >= 11 is 6.10. The van der Waals surface area contributed by atoms with Crippen LogP contribution in [0.25, 0.3) is 0 Å². The van der Waals surface area contributed by atoms with E-state index in [2.05, 4.69) is 5.32 Å². The van der Waals surface area contributed by atoms with E-state index in [1.54, 1.807) is 24.3 Å². The molecule has 2 aromatic rings. The molecule has 27 heavy (non-hydrogen) atoms. The molecule has 0 saturated carbocycles. The number of hydrogen-bond acceptors (Lipinski definition) is 4. The molecule has 8 heteroatoms. The second kappa shape index (κ2) is 9.62. The van der Waals surface area contributed by atoms with Crippen molar-refractivity contribution in [3.63, 3.8) is 0 Å². The van der Waals surface area contributed by atoms with Gasteiger partial charge in [-0.05, 0) is 48.7 Å². The third-order valence-electron chi connectivity index (χ3n) is 3.95. The SMILES string of the molecule is COc1ccc(N(CC(=O)NCCCc2ccccc2Cl)S(C)(=O)=O)cc1. The van der Waals surface area contributed by atoms with Gasteiger partial charge in [0.25, 0.3) is 0 Å². The number of ether oxygens (including phenoxy) is 1. The molecule has 0 saturated heterocycles. The fraction of sp³-hybridized carbons (Fsp3) is 0.316. The van der Waals surface area contributed by atoms with Gasteiger partial charge in [-0.2, -0.15) is 0 Å². The Morgan fingerprint density at radius 3 is 2.41 bits per heavy atom. The number of amides is 1. The molecule has 2 rings (SSSR count). The monoisotopic (exact) mass is 410 g/mol. The Morgan fingerprint density at radius 1 is 1.15 bits per heavy atom. The Kier molecular flexibility index (Phi) is 7.50. The molecule has 0 aliphatic heterocycles. The topological polar surface area (TPSA) is 75.7 Å². The minimum Gasteiger partial charge on any atom is -0.497 e. The zero-order chi connectivity index (χ0) is 19.9. The first-order valence-electron chi connectivity index (χ1n) is 8.43. The predicted octanol–water partition coefficient (Wildman–Crippen LogP) is 2.86. The van der Waals surface area contributed by atoms with Crippen molar-refractivity contribution in [3.05, 3.63) is 59.1 Å². The minimum atomic E-state index is -3.60. The second-order valence-corrected chi connectivity index (χ2v) is 8.33. The van der Waals surface area contributed by atoms with Gasteiger partial charge in [0.1, 0.15) is 12.3 Å². The number of rotatable bonds is 9. The second-order valence-electron chi connectivity index (χ2n) is 6.01. The maximum absolute atomic E-state index is 12.2. The van der Waals surface area contributed by atoms with Crippen LogP contribution in [0.4, 0.5) is 5.69 Å². The number of methoxy groups -OCH3 is 1. The zero-order valence-corrected chi connectivity index (χ0v) is 16.9. The quantitative estimate of drug-likeness (QED) is 0.645. The number of nitrogens with zero attached hydrogens (tertiary/aromatic N) is 1. The van der Waals surface area contributed by atoms with Gasteiger partial charge in [0.15, 0.2) is 0 Å². The van der Waals surface area contributed by atoms with Crippen LogP contribution in [-0.4, -0.2) is 40.8 Å². The normalized spacial score (nSPS) is 11.1. The highest BCUT2D eigenvalue weighted by Gasteiger charge is 2.20.